The van der Waals surface area contributed by atoms with Crippen LogP contribution in [0.4, 0.5) is 57.1 Å². The van der Waals surface area contributed by atoms with Crippen LogP contribution in [0, 0.1) is 47.4 Å². The largest absolute Gasteiger partial charge is 0.586 e. The van der Waals surface area contributed by atoms with Crippen LogP contribution in [0.25, 0.3) is 68.8 Å². The minimum atomic E-state index is -4.75. The second-order valence-corrected chi connectivity index (χ2v) is 21.7. The normalized spacial score (nSPS) is 18.5. The molecule has 0 saturated carbocycles. The number of alkyl halides is 12. The first kappa shape index (κ1) is 56.0. The monoisotopic (exact) mass is 1280 g/mol. The summed E-state index contributed by atoms with van der Waals surface area (Å²) in [4.78, 5) is 33.4. The summed E-state index contributed by atoms with van der Waals surface area (Å²) in [6, 6.07) is 4.25. The number of hydrogen-bond donors (Lipinski definition) is 0. The summed E-state index contributed by atoms with van der Waals surface area (Å²) in [7, 11) is 0. The molecule has 0 bridgehead atoms. The first-order valence-electron chi connectivity index (χ1n) is 27.1. The number of aryl methyl sites for hydroxylation is 4. The minimum absolute atomic E-state index is 0.0234. The molecule has 18 rings (SSSR count). The van der Waals surface area contributed by atoms with E-state index in [0.29, 0.717) is 51.8 Å². The van der Waals surface area contributed by atoms with Gasteiger partial charge in [-0.2, -0.15) is 67.9 Å². The minimum Gasteiger partial charge on any atom is -0.251 e. The number of fused-ring (bicyclic) bond motifs is 30. The maximum absolute atomic E-state index is 14.1. The number of nitrogens with zero attached hydrogens (tertiary/aromatic N) is 26. The SMILES string of the molecule is Cc1c[n+]2c(cn1)-c1nc(C)nn1C21n2nc(C(F)(F)F)nc2-c2cncc[n+]21.Cc1nc2n(n1)C1(n3nc(C(F)(F)F)c(C)c3-c3cncc[n+]31)[n+]1ccc(C(F)(F)F)cc1-2.Cc1nc2n(n1)C1(n3nc(C(F)(F)F)c(C)c3-c3cncc[n+]31)[n+]1ccc(F)cc1-2. The Morgan fingerprint density at radius 3 is 1.27 bits per heavy atom. The van der Waals surface area contributed by atoms with Crippen LogP contribution < -0.4 is 27.4 Å². The first-order chi connectivity index (χ1) is 43.5. The molecule has 0 fully saturated rings. The van der Waals surface area contributed by atoms with Crippen LogP contribution in [-0.4, -0.2) is 98.6 Å². The van der Waals surface area contributed by atoms with Crippen molar-refractivity contribution in [1.29, 1.82) is 0 Å². The predicted octanol–water partition coefficient (Wildman–Crippen LogP) is 3.71. The third-order valence-electron chi connectivity index (χ3n) is 16.3. The molecule has 0 radical (unpaired) electrons. The van der Waals surface area contributed by atoms with Gasteiger partial charge in [-0.25, -0.2) is 24.3 Å². The summed E-state index contributed by atoms with van der Waals surface area (Å²) in [5, 5.41) is 25.0. The van der Waals surface area contributed by atoms with Gasteiger partial charge in [0.1, 0.15) is 53.8 Å². The van der Waals surface area contributed by atoms with Crippen LogP contribution in [0.15, 0.2) is 105 Å². The van der Waals surface area contributed by atoms with Gasteiger partial charge in [-0.3, -0.25) is 15.0 Å². The molecule has 26 nitrogen and oxygen atoms in total. The van der Waals surface area contributed by atoms with Gasteiger partial charge in [0.05, 0.1) is 30.2 Å². The lowest BCUT2D eigenvalue weighted by Gasteiger charge is -2.16. The average Bonchev–Trinajstić information content (AvgIpc) is 1.52. The summed E-state index contributed by atoms with van der Waals surface area (Å²) in [5.41, 5.74) is -0.124. The second-order valence-electron chi connectivity index (χ2n) is 21.7. The van der Waals surface area contributed by atoms with Crippen LogP contribution in [0.1, 0.15) is 57.1 Å². The Balaban J connectivity index is 0.000000110. The van der Waals surface area contributed by atoms with Crippen LogP contribution >= 0.6 is 0 Å². The fourth-order valence-electron chi connectivity index (χ4n) is 12.9. The number of rotatable bonds is 0. The molecule has 0 N–H and O–H groups in total. The quantitative estimate of drug-likeness (QED) is 0.156. The molecular formula is C53H35F13N26+6. The van der Waals surface area contributed by atoms with E-state index >= 15 is 0 Å². The fraction of sp³-hybridized carbons (Fsp3) is 0.245. The topological polar surface area (TPSA) is 233 Å². The molecule has 12 aromatic rings. The summed E-state index contributed by atoms with van der Waals surface area (Å²) in [6.07, 6.45) is 0.784. The molecule has 92 heavy (non-hydrogen) atoms. The second kappa shape index (κ2) is 17.8. The Bertz CT molecular complexity index is 5220. The van der Waals surface area contributed by atoms with E-state index in [1.54, 1.807) is 81.5 Å². The molecule has 462 valence electrons. The third kappa shape index (κ3) is 6.99. The zero-order chi connectivity index (χ0) is 64.6. The number of halogens is 13. The molecule has 3 atom stereocenters. The number of hydrogen-bond acceptors (Lipinski definition) is 14. The van der Waals surface area contributed by atoms with Crippen molar-refractivity contribution in [2.45, 2.75) is 84.0 Å². The Labute approximate surface area is 502 Å². The van der Waals surface area contributed by atoms with Crippen molar-refractivity contribution in [2.24, 2.45) is 0 Å². The molecule has 0 aromatic carbocycles. The van der Waals surface area contributed by atoms with Gasteiger partial charge in [-0.05, 0) is 41.5 Å². The maximum Gasteiger partial charge on any atom is 0.586 e. The molecule has 6 aliphatic rings. The van der Waals surface area contributed by atoms with E-state index in [4.69, 9.17) is 0 Å². The first-order valence-corrected chi connectivity index (χ1v) is 27.1. The van der Waals surface area contributed by atoms with Crippen molar-refractivity contribution in [3.8, 4) is 68.8 Å². The summed E-state index contributed by atoms with van der Waals surface area (Å²) in [5.74, 6) is -4.48. The van der Waals surface area contributed by atoms with Gasteiger partial charge in [-0.1, -0.05) is 46.1 Å². The van der Waals surface area contributed by atoms with E-state index in [9.17, 15) is 57.1 Å². The standard InChI is InChI=1S/C19H12F6N8.C18H12F4N8.C16H11F3N10/c1-9-14-13-8-26-4-6-31(13)19(32(14)29-15(9)18(23,24)25)30-5-3-11(17(20,21)22)7-12(30)16-27-10(2)28-33(16)19;1-9-14-13-8-23-4-6-28(13)18(29(14)26-15(9)17(20,21)22)27-5-3-11(19)7-12(27)16-24-10(2)25-30(16)18;1-8-7-27-11(6-21-8)12-22-9(2)24-28(12)16(27)26-4-3-20-5-10(26)13-23-14(15(17,18)19)25-29(13)16/h3-8H,1-2H3;3-8H,1-2H3;3-7H,1-2H3/q3*+2. The van der Waals surface area contributed by atoms with E-state index in [1.807, 2.05) is 0 Å². The molecule has 0 aliphatic carbocycles. The zero-order valence-electron chi connectivity index (χ0n) is 47.4. The van der Waals surface area contributed by atoms with E-state index in [-0.39, 0.29) is 51.4 Å². The van der Waals surface area contributed by atoms with Crippen LogP contribution in [-0.2, 0) is 42.4 Å². The van der Waals surface area contributed by atoms with E-state index < -0.39 is 71.0 Å². The van der Waals surface area contributed by atoms with Gasteiger partial charge >= 0.3 is 42.4 Å². The fourth-order valence-corrected chi connectivity index (χ4v) is 12.9. The van der Waals surface area contributed by atoms with Gasteiger partial charge in [-0.15, -0.1) is 29.8 Å². The van der Waals surface area contributed by atoms with Crippen molar-refractivity contribution < 1.29 is 84.5 Å². The van der Waals surface area contributed by atoms with Gasteiger partial charge < -0.3 is 0 Å². The van der Waals surface area contributed by atoms with Gasteiger partial charge in [0.15, 0.2) is 53.8 Å². The van der Waals surface area contributed by atoms with Crippen molar-refractivity contribution in [1.82, 2.24) is 98.6 Å². The molecule has 18 heterocycles. The summed E-state index contributed by atoms with van der Waals surface area (Å²) < 4.78 is 195. The number of pyridine rings is 2. The highest BCUT2D eigenvalue weighted by atomic mass is 19.4. The molecule has 3 spiro atoms. The lowest BCUT2D eigenvalue weighted by molar-refractivity contribution is -0.991. The maximum atomic E-state index is 14.1. The molecule has 3 unspecified atom stereocenters. The molecule has 0 saturated heterocycles. The highest BCUT2D eigenvalue weighted by molar-refractivity contribution is 5.62. The van der Waals surface area contributed by atoms with Gasteiger partial charge in [0.25, 0.3) is 40.0 Å². The van der Waals surface area contributed by atoms with Gasteiger partial charge in [0, 0.05) is 29.3 Å². The van der Waals surface area contributed by atoms with Crippen molar-refractivity contribution in [3.05, 3.63) is 168 Å². The van der Waals surface area contributed by atoms with Crippen molar-refractivity contribution >= 4 is 0 Å². The highest BCUT2D eigenvalue weighted by Crippen LogP contribution is 2.46. The Kier molecular flexibility index (Phi) is 10.8. The summed E-state index contributed by atoms with van der Waals surface area (Å²) >= 11 is 0. The Morgan fingerprint density at radius 1 is 0.391 bits per heavy atom. The van der Waals surface area contributed by atoms with Crippen LogP contribution in [0.5, 0.6) is 0 Å². The molecular weight excluding hydrogens is 1250 g/mol. The molecule has 39 heteroatoms. The van der Waals surface area contributed by atoms with Crippen LogP contribution in [0.2, 0.25) is 0 Å². The van der Waals surface area contributed by atoms with Crippen molar-refractivity contribution in [2.75, 3.05) is 0 Å². The Morgan fingerprint density at radius 2 is 0.793 bits per heavy atom. The lowest BCUT2D eigenvalue weighted by atomic mass is 10.1. The van der Waals surface area contributed by atoms with E-state index in [1.165, 1.54) is 97.3 Å². The lowest BCUT2D eigenvalue weighted by Crippen LogP contribution is -2.77. The van der Waals surface area contributed by atoms with E-state index in [0.717, 1.165) is 23.0 Å². The van der Waals surface area contributed by atoms with Crippen molar-refractivity contribution in [3.63, 3.8) is 0 Å². The molecule has 0 amide bonds. The smallest absolute Gasteiger partial charge is 0.251 e. The third-order valence-corrected chi connectivity index (χ3v) is 16.3. The average molecular weight is 1280 g/mol. The number of aromatic nitrogens is 26. The van der Waals surface area contributed by atoms with E-state index in [2.05, 4.69) is 70.5 Å². The Hall–Kier alpha value is -11.3. The highest BCUT2D eigenvalue weighted by Gasteiger charge is 2.75. The van der Waals surface area contributed by atoms with Gasteiger partial charge in [0.2, 0.25) is 29.5 Å². The molecule has 12 aromatic heterocycles. The zero-order valence-corrected chi connectivity index (χ0v) is 47.4. The van der Waals surface area contributed by atoms with Crippen LogP contribution in [0.3, 0.4) is 0 Å². The predicted molar refractivity (Wildman–Crippen MR) is 270 cm³/mol. The summed E-state index contributed by atoms with van der Waals surface area (Å²) in [6.45, 7) is 9.36. The molecule has 6 aliphatic heterocycles.